The molecule has 0 aromatic heterocycles. The quantitative estimate of drug-likeness (QED) is 0.247. The van der Waals surface area contributed by atoms with E-state index in [1.54, 1.807) is 6.92 Å². The summed E-state index contributed by atoms with van der Waals surface area (Å²) in [6.07, 6.45) is -4.47. The molecule has 1 aliphatic heterocycles. The second-order valence-electron chi connectivity index (χ2n) is 10.00. The van der Waals surface area contributed by atoms with E-state index in [-0.39, 0.29) is 57.7 Å². The standard InChI is InChI=1S/C26H28N2O9/c1-9-22(31)13(27)6-16(36-9)37-15-8-26(35,10(2)29)7-12-18(15)25(34)20-19(23(12)32)21(28)11-4-3-5-14(30)17(11)24(20)33/h3-5,9,13,15-16,22,28,30-32,34-35H,6-8,27H2,1-2H3/t9-,13-,15-,16-,22+,26-/m0/s1. The van der Waals surface area contributed by atoms with Crippen LogP contribution < -0.4 is 5.73 Å². The Balaban J connectivity index is 1.68. The molecule has 1 fully saturated rings. The first-order valence-corrected chi connectivity index (χ1v) is 11.9. The van der Waals surface area contributed by atoms with Crippen LogP contribution in [-0.2, 0) is 20.7 Å². The summed E-state index contributed by atoms with van der Waals surface area (Å²) in [5.41, 5.74) is 2.87. The van der Waals surface area contributed by atoms with Gasteiger partial charge in [0.15, 0.2) is 12.1 Å². The van der Waals surface area contributed by atoms with Crippen LogP contribution in [0.25, 0.3) is 0 Å². The minimum absolute atomic E-state index is 0.0295. The highest BCUT2D eigenvalue weighted by Gasteiger charge is 2.49. The molecule has 2 aliphatic carbocycles. The molecule has 11 heteroatoms. The van der Waals surface area contributed by atoms with Crippen molar-refractivity contribution in [1.82, 2.24) is 0 Å². The van der Waals surface area contributed by atoms with Gasteiger partial charge >= 0.3 is 0 Å². The fourth-order valence-electron chi connectivity index (χ4n) is 5.54. The zero-order valence-electron chi connectivity index (χ0n) is 20.2. The van der Waals surface area contributed by atoms with E-state index in [0.717, 1.165) is 0 Å². The van der Waals surface area contributed by atoms with Crippen LogP contribution in [0.15, 0.2) is 18.2 Å². The molecule has 196 valence electrons. The van der Waals surface area contributed by atoms with Crippen LogP contribution in [0.5, 0.6) is 17.2 Å². The molecule has 0 bridgehead atoms. The molecule has 3 aliphatic rings. The van der Waals surface area contributed by atoms with Gasteiger partial charge in [-0.15, -0.1) is 0 Å². The second-order valence-corrected chi connectivity index (χ2v) is 10.00. The Morgan fingerprint density at radius 2 is 1.89 bits per heavy atom. The van der Waals surface area contributed by atoms with Crippen LogP contribution in [0.2, 0.25) is 0 Å². The Labute approximate surface area is 211 Å². The van der Waals surface area contributed by atoms with Crippen molar-refractivity contribution >= 4 is 17.3 Å². The summed E-state index contributed by atoms with van der Waals surface area (Å²) in [6, 6.07) is 3.48. The fourth-order valence-corrected chi connectivity index (χ4v) is 5.54. The topological polar surface area (TPSA) is 204 Å². The first-order chi connectivity index (χ1) is 17.4. The van der Waals surface area contributed by atoms with Crippen molar-refractivity contribution in [3.8, 4) is 17.2 Å². The van der Waals surface area contributed by atoms with Crippen LogP contribution in [0.3, 0.4) is 0 Å². The molecule has 8 N–H and O–H groups in total. The van der Waals surface area contributed by atoms with E-state index in [1.165, 1.54) is 25.1 Å². The number of ether oxygens (including phenoxy) is 2. The lowest BCUT2D eigenvalue weighted by molar-refractivity contribution is -0.247. The molecule has 6 atom stereocenters. The van der Waals surface area contributed by atoms with Gasteiger partial charge in [-0.25, -0.2) is 0 Å². The van der Waals surface area contributed by atoms with Crippen molar-refractivity contribution in [3.05, 3.63) is 51.6 Å². The molecule has 1 heterocycles. The van der Waals surface area contributed by atoms with Crippen molar-refractivity contribution in [3.63, 3.8) is 0 Å². The number of nitrogens with one attached hydrogen (secondary N) is 1. The van der Waals surface area contributed by atoms with E-state index in [0.29, 0.717) is 0 Å². The molecule has 1 saturated heterocycles. The molecule has 11 nitrogen and oxygen atoms in total. The molecule has 0 radical (unpaired) electrons. The van der Waals surface area contributed by atoms with Gasteiger partial charge in [-0.3, -0.25) is 15.0 Å². The van der Waals surface area contributed by atoms with E-state index < -0.39 is 65.7 Å². The minimum atomic E-state index is -1.98. The largest absolute Gasteiger partial charge is 0.507 e. The Kier molecular flexibility index (Phi) is 5.89. The third-order valence-corrected chi connectivity index (χ3v) is 7.64. The first-order valence-electron chi connectivity index (χ1n) is 11.9. The lowest BCUT2D eigenvalue weighted by Gasteiger charge is -2.42. The summed E-state index contributed by atoms with van der Waals surface area (Å²) >= 11 is 0. The van der Waals surface area contributed by atoms with E-state index in [4.69, 9.17) is 20.6 Å². The maximum Gasteiger partial charge on any atom is 0.201 e. The number of aliphatic hydroxyl groups excluding tert-OH is 1. The van der Waals surface area contributed by atoms with Crippen LogP contribution in [0.1, 0.15) is 71.0 Å². The van der Waals surface area contributed by atoms with E-state index in [9.17, 15) is 35.1 Å². The lowest BCUT2D eigenvalue weighted by atomic mass is 9.72. The fraction of sp³-hybridized carbons (Fsp3) is 0.423. The number of aromatic hydroxyl groups is 3. The van der Waals surface area contributed by atoms with Gasteiger partial charge < -0.3 is 40.7 Å². The summed E-state index contributed by atoms with van der Waals surface area (Å²) in [4.78, 5) is 25.9. The molecular formula is C26H28N2O9. The van der Waals surface area contributed by atoms with Gasteiger partial charge in [0.1, 0.15) is 22.8 Å². The van der Waals surface area contributed by atoms with Gasteiger partial charge in [0, 0.05) is 42.0 Å². The smallest absolute Gasteiger partial charge is 0.201 e. The Bertz CT molecular complexity index is 1340. The number of rotatable bonds is 3. The zero-order chi connectivity index (χ0) is 27.0. The summed E-state index contributed by atoms with van der Waals surface area (Å²) < 4.78 is 11.8. The first kappa shape index (κ1) is 25.3. The van der Waals surface area contributed by atoms with Crippen LogP contribution in [-0.4, -0.2) is 73.0 Å². The average molecular weight is 513 g/mol. The van der Waals surface area contributed by atoms with Gasteiger partial charge in [0.25, 0.3) is 0 Å². The molecule has 0 saturated carbocycles. The third-order valence-electron chi connectivity index (χ3n) is 7.64. The number of nitrogens with two attached hydrogens (primary N) is 1. The number of ketones is 2. The molecule has 2 aromatic rings. The Morgan fingerprint density at radius 3 is 2.54 bits per heavy atom. The number of carbonyl (C=O) groups excluding carboxylic acids is 2. The van der Waals surface area contributed by atoms with Gasteiger partial charge in [0.05, 0.1) is 40.7 Å². The second kappa shape index (κ2) is 8.61. The van der Waals surface area contributed by atoms with Crippen molar-refractivity contribution in [2.24, 2.45) is 5.73 Å². The summed E-state index contributed by atoms with van der Waals surface area (Å²) in [6.45, 7) is 2.79. The maximum absolute atomic E-state index is 13.4. The number of fused-ring (bicyclic) bond motifs is 3. The lowest BCUT2D eigenvalue weighted by Crippen LogP contribution is -2.52. The summed E-state index contributed by atoms with van der Waals surface area (Å²) in [7, 11) is 0. The molecule has 5 rings (SSSR count). The highest BCUT2D eigenvalue weighted by molar-refractivity contribution is 6.32. The normalized spacial score (nSPS) is 30.9. The number of benzene rings is 2. The number of Topliss-reactive ketones (excluding diaryl/α,β-unsaturated/α-hetero) is 1. The van der Waals surface area contributed by atoms with Gasteiger partial charge in [-0.1, -0.05) is 12.1 Å². The van der Waals surface area contributed by atoms with Crippen molar-refractivity contribution < 1.29 is 44.6 Å². The number of phenols is 3. The van der Waals surface area contributed by atoms with Gasteiger partial charge in [-0.2, -0.15) is 0 Å². The minimum Gasteiger partial charge on any atom is -0.507 e. The molecule has 0 spiro atoms. The predicted octanol–water partition coefficient (Wildman–Crippen LogP) is 0.911. The van der Waals surface area contributed by atoms with E-state index in [2.05, 4.69) is 0 Å². The Morgan fingerprint density at radius 1 is 1.19 bits per heavy atom. The number of hydrogen-bond donors (Lipinski definition) is 7. The average Bonchev–Trinajstić information content (AvgIpc) is 2.82. The monoisotopic (exact) mass is 512 g/mol. The van der Waals surface area contributed by atoms with Crippen LogP contribution in [0.4, 0.5) is 0 Å². The molecule has 0 unspecified atom stereocenters. The Hall–Kier alpha value is -3.35. The SMILES string of the molecule is CC(=O)[C@]1(O)Cc2c(O)c3c(c(O)c2[C@@H](O[C@H]2C[C@H](N)[C@H](O)[C@H](C)O2)C1)C(=O)c1c(O)cccc1C3=N. The number of aliphatic hydroxyl groups is 2. The highest BCUT2D eigenvalue weighted by atomic mass is 16.7. The molecular weight excluding hydrogens is 484 g/mol. The number of phenolic OH excluding ortho intramolecular Hbond substituents is 3. The van der Waals surface area contributed by atoms with Crippen molar-refractivity contribution in [1.29, 1.82) is 5.41 Å². The zero-order valence-corrected chi connectivity index (χ0v) is 20.2. The number of hydrogen-bond acceptors (Lipinski definition) is 11. The summed E-state index contributed by atoms with van der Waals surface area (Å²) in [5.74, 6) is -2.92. The van der Waals surface area contributed by atoms with Crippen LogP contribution >= 0.6 is 0 Å². The highest BCUT2D eigenvalue weighted by Crippen LogP contribution is 2.52. The third kappa shape index (κ3) is 3.73. The molecule has 37 heavy (non-hydrogen) atoms. The van der Waals surface area contributed by atoms with E-state index >= 15 is 0 Å². The van der Waals surface area contributed by atoms with Gasteiger partial charge in [0.2, 0.25) is 5.78 Å². The van der Waals surface area contributed by atoms with Crippen molar-refractivity contribution in [2.75, 3.05) is 0 Å². The molecule has 2 aromatic carbocycles. The van der Waals surface area contributed by atoms with Crippen LogP contribution in [0, 0.1) is 5.41 Å². The predicted molar refractivity (Wildman–Crippen MR) is 128 cm³/mol. The molecule has 0 amide bonds. The number of carbonyl (C=O) groups is 2. The summed E-state index contributed by atoms with van der Waals surface area (Å²) in [5, 5.41) is 63.0. The van der Waals surface area contributed by atoms with Crippen molar-refractivity contribution in [2.45, 2.75) is 69.4 Å². The maximum atomic E-state index is 13.4. The van der Waals surface area contributed by atoms with Gasteiger partial charge in [-0.05, 0) is 19.9 Å². The van der Waals surface area contributed by atoms with E-state index in [1.807, 2.05) is 0 Å².